The van der Waals surface area contributed by atoms with E-state index < -0.39 is 0 Å². The number of hydrogen-bond donors (Lipinski definition) is 1. The molecule has 7 heteroatoms. The van der Waals surface area contributed by atoms with E-state index in [9.17, 15) is 0 Å². The molecule has 2 aromatic heterocycles. The van der Waals surface area contributed by atoms with Crippen LogP contribution in [-0.4, -0.2) is 50.9 Å². The topological polar surface area (TPSA) is 44.9 Å². The number of imidazole rings is 1. The molecule has 25 heavy (non-hydrogen) atoms. The van der Waals surface area contributed by atoms with Crippen molar-refractivity contribution in [2.24, 2.45) is 4.99 Å². The van der Waals surface area contributed by atoms with Crippen molar-refractivity contribution >= 4 is 47.3 Å². The van der Waals surface area contributed by atoms with Crippen molar-refractivity contribution in [3.63, 3.8) is 0 Å². The first-order chi connectivity index (χ1) is 11.7. The summed E-state index contributed by atoms with van der Waals surface area (Å²) in [7, 11) is 0. The second-order valence-electron chi connectivity index (χ2n) is 6.14. The van der Waals surface area contributed by atoms with Crippen molar-refractivity contribution in [3.05, 3.63) is 35.8 Å². The molecule has 1 atom stereocenters. The van der Waals surface area contributed by atoms with Gasteiger partial charge < -0.3 is 14.6 Å². The number of nitrogens with zero attached hydrogens (tertiary/aromatic N) is 4. The lowest BCUT2D eigenvalue weighted by molar-refractivity contribution is 0.408. The fourth-order valence-electron chi connectivity index (χ4n) is 3.02. The number of rotatable bonds is 4. The van der Waals surface area contributed by atoms with E-state index in [2.05, 4.69) is 64.4 Å². The predicted molar refractivity (Wildman–Crippen MR) is 118 cm³/mol. The Hall–Kier alpha value is -0.960. The molecule has 1 aliphatic heterocycles. The number of fused-ring (bicyclic) bond motifs is 1. The van der Waals surface area contributed by atoms with Crippen LogP contribution in [0.15, 0.2) is 29.4 Å². The molecule has 1 saturated heterocycles. The molecule has 0 bridgehead atoms. The molecule has 1 unspecified atom stereocenters. The minimum absolute atomic E-state index is 0. The molecule has 0 radical (unpaired) electrons. The molecular formula is C18H28IN5S. The SMILES string of the molecule is CCNC(=NCc1cn2c(C)cccc2n1)N1CCSC(CC)C1.I. The zero-order valence-electron chi connectivity index (χ0n) is 15.2. The van der Waals surface area contributed by atoms with Crippen LogP contribution in [0.1, 0.15) is 31.7 Å². The number of pyridine rings is 1. The third kappa shape index (κ3) is 5.03. The second-order valence-corrected chi connectivity index (χ2v) is 7.55. The highest BCUT2D eigenvalue weighted by atomic mass is 127. The van der Waals surface area contributed by atoms with E-state index in [-0.39, 0.29) is 24.0 Å². The maximum Gasteiger partial charge on any atom is 0.194 e. The van der Waals surface area contributed by atoms with E-state index in [0.29, 0.717) is 11.8 Å². The highest BCUT2D eigenvalue weighted by Crippen LogP contribution is 2.21. The van der Waals surface area contributed by atoms with Crippen LogP contribution in [0.25, 0.3) is 5.65 Å². The van der Waals surface area contributed by atoms with Crippen LogP contribution in [0, 0.1) is 6.92 Å². The minimum atomic E-state index is 0. The van der Waals surface area contributed by atoms with Crippen LogP contribution in [0.3, 0.4) is 0 Å². The summed E-state index contributed by atoms with van der Waals surface area (Å²) in [4.78, 5) is 11.9. The van der Waals surface area contributed by atoms with Gasteiger partial charge >= 0.3 is 0 Å². The molecule has 5 nitrogen and oxygen atoms in total. The largest absolute Gasteiger partial charge is 0.357 e. The number of hydrogen-bond acceptors (Lipinski definition) is 3. The minimum Gasteiger partial charge on any atom is -0.357 e. The Morgan fingerprint density at radius 3 is 2.96 bits per heavy atom. The molecule has 0 aromatic carbocycles. The Morgan fingerprint density at radius 2 is 2.24 bits per heavy atom. The zero-order valence-corrected chi connectivity index (χ0v) is 18.4. The van der Waals surface area contributed by atoms with Gasteiger partial charge in [-0.25, -0.2) is 9.98 Å². The summed E-state index contributed by atoms with van der Waals surface area (Å²) >= 11 is 2.08. The van der Waals surface area contributed by atoms with Gasteiger partial charge in [0.25, 0.3) is 0 Å². The molecule has 1 aliphatic rings. The standard InChI is InChI=1S/C18H27N5S.HI/c1-4-16-13-22(9-10-24-16)18(19-5-2)20-11-15-12-23-14(3)7-6-8-17(23)21-15;/h6-8,12,16H,4-5,9-11,13H2,1-3H3,(H,19,20);1H. The summed E-state index contributed by atoms with van der Waals surface area (Å²) in [6.45, 7) is 10.1. The smallest absolute Gasteiger partial charge is 0.194 e. The predicted octanol–water partition coefficient (Wildman–Crippen LogP) is 3.55. The first-order valence-corrected chi connectivity index (χ1v) is 9.84. The Balaban J connectivity index is 0.00000225. The molecule has 0 spiro atoms. The number of aromatic nitrogens is 2. The molecule has 3 rings (SSSR count). The van der Waals surface area contributed by atoms with Crippen LogP contribution in [0.4, 0.5) is 0 Å². The lowest BCUT2D eigenvalue weighted by atomic mass is 10.3. The monoisotopic (exact) mass is 473 g/mol. The first kappa shape index (κ1) is 20.4. The maximum absolute atomic E-state index is 4.85. The van der Waals surface area contributed by atoms with Crippen LogP contribution < -0.4 is 5.32 Å². The van der Waals surface area contributed by atoms with E-state index in [0.717, 1.165) is 36.9 Å². The van der Waals surface area contributed by atoms with Crippen molar-refractivity contribution in [1.29, 1.82) is 0 Å². The number of thioether (sulfide) groups is 1. The number of halogens is 1. The summed E-state index contributed by atoms with van der Waals surface area (Å²) in [5, 5.41) is 4.15. The van der Waals surface area contributed by atoms with Gasteiger partial charge in [-0.05, 0) is 32.4 Å². The Morgan fingerprint density at radius 1 is 1.40 bits per heavy atom. The Bertz CT molecular complexity index is 715. The highest BCUT2D eigenvalue weighted by Gasteiger charge is 2.21. The number of guanidine groups is 1. The second kappa shape index (κ2) is 9.66. The van der Waals surface area contributed by atoms with Gasteiger partial charge in [0.05, 0.1) is 12.2 Å². The maximum atomic E-state index is 4.85. The summed E-state index contributed by atoms with van der Waals surface area (Å²) in [6, 6.07) is 6.19. The van der Waals surface area contributed by atoms with Gasteiger partial charge in [-0.2, -0.15) is 11.8 Å². The number of nitrogens with one attached hydrogen (secondary N) is 1. The fourth-order valence-corrected chi connectivity index (χ4v) is 4.20. The molecule has 0 saturated carbocycles. The van der Waals surface area contributed by atoms with Gasteiger partial charge in [0.1, 0.15) is 5.65 Å². The Labute approximate surface area is 171 Å². The molecule has 0 amide bonds. The molecular weight excluding hydrogens is 445 g/mol. The van der Waals surface area contributed by atoms with Crippen molar-refractivity contribution in [2.45, 2.75) is 39.0 Å². The molecule has 2 aromatic rings. The summed E-state index contributed by atoms with van der Waals surface area (Å²) in [5.74, 6) is 2.20. The molecule has 138 valence electrons. The summed E-state index contributed by atoms with van der Waals surface area (Å²) in [6.07, 6.45) is 3.31. The molecule has 3 heterocycles. The van der Waals surface area contributed by atoms with E-state index in [1.807, 2.05) is 12.1 Å². The van der Waals surface area contributed by atoms with Crippen LogP contribution in [-0.2, 0) is 6.54 Å². The van der Waals surface area contributed by atoms with E-state index in [4.69, 9.17) is 4.99 Å². The van der Waals surface area contributed by atoms with E-state index in [1.54, 1.807) is 0 Å². The van der Waals surface area contributed by atoms with Gasteiger partial charge in [0.2, 0.25) is 0 Å². The first-order valence-electron chi connectivity index (χ1n) is 8.79. The molecule has 1 N–H and O–H groups in total. The average molecular weight is 473 g/mol. The lowest BCUT2D eigenvalue weighted by Gasteiger charge is -2.34. The average Bonchev–Trinajstić information content (AvgIpc) is 3.03. The quantitative estimate of drug-likeness (QED) is 0.419. The number of aliphatic imine (C=N–C) groups is 1. The molecule has 0 aliphatic carbocycles. The number of aryl methyl sites for hydroxylation is 1. The van der Waals surface area contributed by atoms with Gasteiger partial charge in [-0.15, -0.1) is 24.0 Å². The third-order valence-electron chi connectivity index (χ3n) is 4.37. The summed E-state index contributed by atoms with van der Waals surface area (Å²) in [5.41, 5.74) is 3.20. The fraction of sp³-hybridized carbons (Fsp3) is 0.556. The lowest BCUT2D eigenvalue weighted by Crippen LogP contribution is -2.48. The van der Waals surface area contributed by atoms with Crippen LogP contribution in [0.2, 0.25) is 0 Å². The van der Waals surface area contributed by atoms with Crippen LogP contribution in [0.5, 0.6) is 0 Å². The van der Waals surface area contributed by atoms with Gasteiger partial charge in [0.15, 0.2) is 5.96 Å². The van der Waals surface area contributed by atoms with Crippen molar-refractivity contribution in [2.75, 3.05) is 25.4 Å². The third-order valence-corrected chi connectivity index (χ3v) is 5.74. The summed E-state index contributed by atoms with van der Waals surface area (Å²) < 4.78 is 2.13. The van der Waals surface area contributed by atoms with Crippen molar-refractivity contribution < 1.29 is 0 Å². The van der Waals surface area contributed by atoms with Gasteiger partial charge in [-0.1, -0.05) is 13.0 Å². The zero-order chi connectivity index (χ0) is 16.9. The Kier molecular flexibility index (Phi) is 7.86. The molecule has 1 fully saturated rings. The normalized spacial score (nSPS) is 18.3. The van der Waals surface area contributed by atoms with Crippen LogP contribution >= 0.6 is 35.7 Å². The van der Waals surface area contributed by atoms with Gasteiger partial charge in [-0.3, -0.25) is 0 Å². The van der Waals surface area contributed by atoms with E-state index in [1.165, 1.54) is 17.9 Å². The highest BCUT2D eigenvalue weighted by molar-refractivity contribution is 14.0. The van der Waals surface area contributed by atoms with E-state index >= 15 is 0 Å². The van der Waals surface area contributed by atoms with Gasteiger partial charge in [0, 0.05) is 42.5 Å². The van der Waals surface area contributed by atoms with Crippen molar-refractivity contribution in [1.82, 2.24) is 19.6 Å². The van der Waals surface area contributed by atoms with Crippen molar-refractivity contribution in [3.8, 4) is 0 Å².